The van der Waals surface area contributed by atoms with Gasteiger partial charge in [0.2, 0.25) is 11.8 Å². The van der Waals surface area contributed by atoms with Crippen LogP contribution in [0.4, 0.5) is 5.69 Å². The van der Waals surface area contributed by atoms with Crippen LogP contribution in [0.25, 0.3) is 10.8 Å². The van der Waals surface area contributed by atoms with E-state index in [1.54, 1.807) is 30.3 Å². The SMILES string of the molecule is O=C(Oc1ccc2ccccc2c1)c1cccc(N2C(=O)[C@@H]3[C@H]4C=C[C@H]([C@H]5C[C@H]45)[C@@H]3C2=O)c1. The Morgan fingerprint density at radius 2 is 1.48 bits per heavy atom. The summed E-state index contributed by atoms with van der Waals surface area (Å²) in [6, 6.07) is 20.0. The van der Waals surface area contributed by atoms with Gasteiger partial charge in [0, 0.05) is 0 Å². The van der Waals surface area contributed by atoms with E-state index in [9.17, 15) is 14.4 Å². The quantitative estimate of drug-likeness (QED) is 0.261. The van der Waals surface area contributed by atoms with Gasteiger partial charge in [-0.15, -0.1) is 0 Å². The van der Waals surface area contributed by atoms with Gasteiger partial charge in [-0.05, 0) is 71.2 Å². The number of benzene rings is 3. The number of carbonyl (C=O) groups is 3. The first-order valence-corrected chi connectivity index (χ1v) is 11.5. The average Bonchev–Trinajstić information content (AvgIpc) is 3.62. The molecule has 2 bridgehead atoms. The van der Waals surface area contributed by atoms with E-state index in [0.29, 0.717) is 28.8 Å². The van der Waals surface area contributed by atoms with Gasteiger partial charge in [-0.3, -0.25) is 9.59 Å². The molecule has 162 valence electrons. The molecule has 0 aromatic heterocycles. The van der Waals surface area contributed by atoms with Crippen LogP contribution in [0.3, 0.4) is 0 Å². The van der Waals surface area contributed by atoms with E-state index in [2.05, 4.69) is 12.2 Å². The van der Waals surface area contributed by atoms with Crippen molar-refractivity contribution in [1.29, 1.82) is 0 Å². The predicted molar refractivity (Wildman–Crippen MR) is 123 cm³/mol. The van der Waals surface area contributed by atoms with Gasteiger partial charge in [0.25, 0.3) is 0 Å². The lowest BCUT2D eigenvalue weighted by Gasteiger charge is -2.37. The monoisotopic (exact) mass is 435 g/mol. The predicted octanol–water partition coefficient (Wildman–Crippen LogP) is 4.62. The van der Waals surface area contributed by atoms with Crippen molar-refractivity contribution in [2.24, 2.45) is 35.5 Å². The third-order valence-electron chi connectivity index (χ3n) is 7.93. The smallest absolute Gasteiger partial charge is 0.343 e. The molecule has 0 spiro atoms. The van der Waals surface area contributed by atoms with Crippen molar-refractivity contribution in [3.63, 3.8) is 0 Å². The van der Waals surface area contributed by atoms with Crippen LogP contribution in [0.5, 0.6) is 5.75 Å². The van der Waals surface area contributed by atoms with Crippen LogP contribution in [0, 0.1) is 35.5 Å². The summed E-state index contributed by atoms with van der Waals surface area (Å²) in [6.45, 7) is 0. The number of hydrogen-bond donors (Lipinski definition) is 0. The van der Waals surface area contributed by atoms with Gasteiger partial charge in [-0.2, -0.15) is 0 Å². The summed E-state index contributed by atoms with van der Waals surface area (Å²) in [5.74, 6) is 0.609. The van der Waals surface area contributed by atoms with E-state index >= 15 is 0 Å². The third-order valence-corrected chi connectivity index (χ3v) is 7.93. The summed E-state index contributed by atoms with van der Waals surface area (Å²) in [4.78, 5) is 40.9. The summed E-state index contributed by atoms with van der Waals surface area (Å²) >= 11 is 0. The van der Waals surface area contributed by atoms with Crippen LogP contribution in [-0.4, -0.2) is 17.8 Å². The highest BCUT2D eigenvalue weighted by Gasteiger charge is 2.67. The molecule has 0 unspecified atom stereocenters. The van der Waals surface area contributed by atoms with Gasteiger partial charge >= 0.3 is 5.97 Å². The van der Waals surface area contributed by atoms with E-state index in [-0.39, 0.29) is 35.5 Å². The van der Waals surface area contributed by atoms with Crippen molar-refractivity contribution >= 4 is 34.2 Å². The summed E-state index contributed by atoms with van der Waals surface area (Å²) < 4.78 is 5.60. The fraction of sp³-hybridized carbons (Fsp3) is 0.250. The van der Waals surface area contributed by atoms with E-state index in [0.717, 1.165) is 17.2 Å². The minimum atomic E-state index is -0.522. The number of rotatable bonds is 3. The maximum atomic E-state index is 13.4. The Morgan fingerprint density at radius 3 is 2.21 bits per heavy atom. The third kappa shape index (κ3) is 2.68. The zero-order valence-corrected chi connectivity index (χ0v) is 17.8. The van der Waals surface area contributed by atoms with Crippen molar-refractivity contribution in [3.8, 4) is 5.75 Å². The van der Waals surface area contributed by atoms with E-state index in [1.807, 2.05) is 36.4 Å². The summed E-state index contributed by atoms with van der Waals surface area (Å²) in [5, 5.41) is 2.04. The van der Waals surface area contributed by atoms with Gasteiger partial charge in [0.15, 0.2) is 0 Å². The normalized spacial score (nSPS) is 31.0. The molecule has 1 saturated heterocycles. The van der Waals surface area contributed by atoms with Crippen LogP contribution in [0.15, 0.2) is 78.9 Å². The van der Waals surface area contributed by atoms with Gasteiger partial charge in [-0.25, -0.2) is 9.69 Å². The van der Waals surface area contributed by atoms with Gasteiger partial charge in [0.05, 0.1) is 23.1 Å². The zero-order chi connectivity index (χ0) is 22.3. The van der Waals surface area contributed by atoms with Crippen LogP contribution >= 0.6 is 0 Å². The molecule has 0 radical (unpaired) electrons. The number of allylic oxidation sites excluding steroid dienone is 2. The lowest BCUT2D eigenvalue weighted by Crippen LogP contribution is -2.40. The molecule has 5 nitrogen and oxygen atoms in total. The molecule has 3 fully saturated rings. The minimum Gasteiger partial charge on any atom is -0.423 e. The number of ether oxygens (including phenoxy) is 1. The maximum absolute atomic E-state index is 13.4. The first kappa shape index (κ1) is 18.8. The molecule has 2 saturated carbocycles. The molecule has 2 amide bonds. The average molecular weight is 435 g/mol. The van der Waals surface area contributed by atoms with E-state index in [1.165, 1.54) is 4.90 Å². The van der Waals surface area contributed by atoms with Gasteiger partial charge in [-0.1, -0.05) is 48.6 Å². The molecule has 5 heteroatoms. The zero-order valence-electron chi connectivity index (χ0n) is 17.8. The van der Waals surface area contributed by atoms with Crippen LogP contribution in [0.2, 0.25) is 0 Å². The summed E-state index contributed by atoms with van der Waals surface area (Å²) in [5.41, 5.74) is 0.750. The second kappa shape index (κ2) is 6.64. The second-order valence-corrected chi connectivity index (χ2v) is 9.62. The Kier molecular flexibility index (Phi) is 3.78. The molecule has 0 N–H and O–H groups in total. The number of carbonyl (C=O) groups excluding carboxylic acids is 3. The number of anilines is 1. The van der Waals surface area contributed by atoms with Crippen molar-refractivity contribution in [1.82, 2.24) is 0 Å². The molecule has 33 heavy (non-hydrogen) atoms. The first-order chi connectivity index (χ1) is 16.1. The van der Waals surface area contributed by atoms with E-state index < -0.39 is 5.97 Å². The topological polar surface area (TPSA) is 63.7 Å². The van der Waals surface area contributed by atoms with Crippen molar-refractivity contribution in [2.75, 3.05) is 4.90 Å². The van der Waals surface area contributed by atoms with Gasteiger partial charge < -0.3 is 4.74 Å². The number of nitrogens with zero attached hydrogens (tertiary/aromatic N) is 1. The molecular weight excluding hydrogens is 414 g/mol. The van der Waals surface area contributed by atoms with Crippen LogP contribution in [-0.2, 0) is 9.59 Å². The van der Waals surface area contributed by atoms with Crippen molar-refractivity contribution < 1.29 is 19.1 Å². The molecule has 8 rings (SSSR count). The minimum absolute atomic E-state index is 0.130. The largest absolute Gasteiger partial charge is 0.423 e. The Hall–Kier alpha value is -3.73. The highest BCUT2D eigenvalue weighted by atomic mass is 16.5. The molecule has 1 heterocycles. The number of hydrogen-bond acceptors (Lipinski definition) is 4. The van der Waals surface area contributed by atoms with Crippen LogP contribution in [0.1, 0.15) is 16.8 Å². The molecule has 3 aromatic carbocycles. The Balaban J connectivity index is 1.17. The number of amides is 2. The molecule has 1 aliphatic heterocycles. The molecule has 4 aliphatic carbocycles. The Bertz CT molecular complexity index is 1360. The number of esters is 1. The fourth-order valence-corrected chi connectivity index (χ4v) is 6.38. The van der Waals surface area contributed by atoms with E-state index in [4.69, 9.17) is 4.74 Å². The number of imide groups is 1. The fourth-order valence-electron chi connectivity index (χ4n) is 6.38. The molecule has 6 atom stereocenters. The Morgan fingerprint density at radius 1 is 0.788 bits per heavy atom. The first-order valence-electron chi connectivity index (χ1n) is 11.5. The van der Waals surface area contributed by atoms with Crippen LogP contribution < -0.4 is 9.64 Å². The lowest BCUT2D eigenvalue weighted by molar-refractivity contribution is -0.124. The molecule has 3 aromatic rings. The standard InChI is InChI=1S/C28H21NO4/c30-26-24-20-10-11-21(23-14-22(20)23)25(24)27(31)29(26)18-7-3-6-17(12-18)28(32)33-19-9-8-15-4-1-2-5-16(15)13-19/h1-13,20-25H,14H2/t20-,21+,22-,23-,24+,25-/m1/s1. The second-order valence-electron chi connectivity index (χ2n) is 9.62. The summed E-state index contributed by atoms with van der Waals surface area (Å²) in [6.07, 6.45) is 5.45. The summed E-state index contributed by atoms with van der Waals surface area (Å²) in [7, 11) is 0. The highest BCUT2D eigenvalue weighted by molar-refractivity contribution is 6.23. The Labute approximate surface area is 190 Å². The maximum Gasteiger partial charge on any atom is 0.343 e. The van der Waals surface area contributed by atoms with Crippen molar-refractivity contribution in [3.05, 3.63) is 84.4 Å². The molecule has 5 aliphatic rings. The van der Waals surface area contributed by atoms with Crippen molar-refractivity contribution in [2.45, 2.75) is 6.42 Å². The molecular formula is C28H21NO4. The number of fused-ring (bicyclic) bond motifs is 1. The highest BCUT2D eigenvalue weighted by Crippen LogP contribution is 2.65. The lowest BCUT2D eigenvalue weighted by atomic mass is 9.63. The van der Waals surface area contributed by atoms with Gasteiger partial charge in [0.1, 0.15) is 5.75 Å².